The van der Waals surface area contributed by atoms with E-state index in [2.05, 4.69) is 10.4 Å². The van der Waals surface area contributed by atoms with E-state index in [4.69, 9.17) is 14.3 Å². The van der Waals surface area contributed by atoms with Gasteiger partial charge >= 0.3 is 12.1 Å². The molecule has 1 aliphatic carbocycles. The molecular weight excluding hydrogens is 600 g/mol. The minimum absolute atomic E-state index is 0.0654. The molecule has 1 saturated carbocycles. The van der Waals surface area contributed by atoms with Crippen molar-refractivity contribution in [1.29, 1.82) is 0 Å². The first-order chi connectivity index (χ1) is 22.1. The molecule has 1 aromatic heterocycles. The Labute approximate surface area is 267 Å². The zero-order valence-electron chi connectivity index (χ0n) is 26.5. The lowest BCUT2D eigenvalue weighted by molar-refractivity contribution is -0.157. The molecule has 2 fully saturated rings. The van der Waals surface area contributed by atoms with Crippen molar-refractivity contribution in [2.24, 2.45) is 0 Å². The molecule has 3 amide bonds. The molecule has 0 radical (unpaired) electrons. The highest BCUT2D eigenvalue weighted by molar-refractivity contribution is 5.96. The van der Waals surface area contributed by atoms with Crippen LogP contribution in [0.2, 0.25) is 0 Å². The van der Waals surface area contributed by atoms with Gasteiger partial charge in [-0.2, -0.15) is 5.10 Å². The Morgan fingerprint density at radius 1 is 1.02 bits per heavy atom. The Bertz CT molecular complexity index is 1380. The molecule has 250 valence electrons. The predicted molar refractivity (Wildman–Crippen MR) is 163 cm³/mol. The number of aromatic nitrogens is 2. The maximum absolute atomic E-state index is 13.6. The minimum Gasteiger partial charge on any atom is -0.481 e. The van der Waals surface area contributed by atoms with Crippen LogP contribution >= 0.6 is 0 Å². The summed E-state index contributed by atoms with van der Waals surface area (Å²) in [5, 5.41) is 17.9. The number of hydrogen-bond donors (Lipinski definition) is 2. The van der Waals surface area contributed by atoms with E-state index in [0.717, 1.165) is 6.42 Å². The van der Waals surface area contributed by atoms with E-state index in [-0.39, 0.29) is 63.1 Å². The molecule has 2 aliphatic rings. The third-order valence-electron chi connectivity index (χ3n) is 8.08. The standard InChI is InChI=1S/C31H42N6O9/c1-4-34(5-2)29(42)31(15-10-16-31)45-25-21-24(33-37(25)22-11-8-7-9-12-22)27(40)32-23(13-14-26(38)39)28(41)35-17-19-36(20-18-35)46-30(43)44-6-3/h7-9,11-12,21,23H,4-6,10,13-20H2,1-3H3,(H,32,40)(H,38,39)/t23-/m0/s1. The number of nitrogens with one attached hydrogen (secondary N) is 1. The number of benzene rings is 1. The van der Waals surface area contributed by atoms with E-state index < -0.39 is 35.6 Å². The molecule has 0 bridgehead atoms. The first-order valence-electron chi connectivity index (χ1n) is 15.7. The molecule has 1 atom stereocenters. The largest absolute Gasteiger partial charge is 0.527 e. The number of likely N-dealkylation sites (N-methyl/N-ethyl adjacent to an activating group) is 1. The molecule has 2 heterocycles. The van der Waals surface area contributed by atoms with Gasteiger partial charge in [0.15, 0.2) is 11.3 Å². The number of ether oxygens (including phenoxy) is 2. The fourth-order valence-electron chi connectivity index (χ4n) is 5.39. The van der Waals surface area contributed by atoms with Crippen molar-refractivity contribution < 1.29 is 43.4 Å². The summed E-state index contributed by atoms with van der Waals surface area (Å²) in [6.45, 7) is 7.48. The number of nitrogens with zero attached hydrogens (tertiary/aromatic N) is 5. The molecule has 2 N–H and O–H groups in total. The highest BCUT2D eigenvalue weighted by atomic mass is 16.8. The van der Waals surface area contributed by atoms with Crippen LogP contribution in [0, 0.1) is 0 Å². The normalized spacial score (nSPS) is 16.5. The Morgan fingerprint density at radius 2 is 1.70 bits per heavy atom. The highest BCUT2D eigenvalue weighted by Gasteiger charge is 2.49. The number of para-hydroxylation sites is 1. The summed E-state index contributed by atoms with van der Waals surface area (Å²) in [6, 6.07) is 9.28. The van der Waals surface area contributed by atoms with Crippen LogP contribution in [0.15, 0.2) is 36.4 Å². The third kappa shape index (κ3) is 8.13. The van der Waals surface area contributed by atoms with Gasteiger partial charge in [-0.15, -0.1) is 5.06 Å². The average molecular weight is 643 g/mol. The van der Waals surface area contributed by atoms with Crippen molar-refractivity contribution in [1.82, 2.24) is 30.0 Å². The van der Waals surface area contributed by atoms with Crippen LogP contribution in [-0.2, 0) is 24.0 Å². The van der Waals surface area contributed by atoms with Gasteiger partial charge in [-0.1, -0.05) is 18.2 Å². The number of carbonyl (C=O) groups excluding carboxylic acids is 4. The van der Waals surface area contributed by atoms with Crippen LogP contribution in [0.5, 0.6) is 5.88 Å². The van der Waals surface area contributed by atoms with Gasteiger partial charge in [-0.05, 0) is 58.6 Å². The van der Waals surface area contributed by atoms with Gasteiger partial charge in [0.2, 0.25) is 11.8 Å². The zero-order chi connectivity index (χ0) is 33.3. The van der Waals surface area contributed by atoms with Gasteiger partial charge in [-0.3, -0.25) is 19.2 Å². The molecular formula is C31H42N6O9. The minimum atomic E-state index is -1.16. The van der Waals surface area contributed by atoms with E-state index in [1.54, 1.807) is 36.1 Å². The second-order valence-electron chi connectivity index (χ2n) is 11.0. The molecule has 4 rings (SSSR count). The number of carboxylic acids is 1. The maximum Gasteiger partial charge on any atom is 0.527 e. The lowest BCUT2D eigenvalue weighted by Gasteiger charge is -2.42. The summed E-state index contributed by atoms with van der Waals surface area (Å²) >= 11 is 0. The van der Waals surface area contributed by atoms with Gasteiger partial charge < -0.3 is 34.5 Å². The molecule has 15 nitrogen and oxygen atoms in total. The van der Waals surface area contributed by atoms with Crippen LogP contribution < -0.4 is 10.1 Å². The van der Waals surface area contributed by atoms with E-state index in [1.165, 1.54) is 20.7 Å². The summed E-state index contributed by atoms with van der Waals surface area (Å²) in [6.07, 6.45) is 0.514. The third-order valence-corrected chi connectivity index (χ3v) is 8.08. The fraction of sp³-hybridized carbons (Fsp3) is 0.548. The highest BCUT2D eigenvalue weighted by Crippen LogP contribution is 2.39. The molecule has 0 unspecified atom stereocenters. The number of piperazine rings is 1. The molecule has 2 aromatic rings. The van der Waals surface area contributed by atoms with Crippen LogP contribution in [-0.4, -0.2) is 117 Å². The van der Waals surface area contributed by atoms with Crippen LogP contribution in [0.1, 0.15) is 63.4 Å². The second kappa shape index (κ2) is 15.6. The topological polar surface area (TPSA) is 173 Å². The number of carboxylic acid groups (broad SMARTS) is 1. The summed E-state index contributed by atoms with van der Waals surface area (Å²) in [4.78, 5) is 71.9. The number of carbonyl (C=O) groups is 5. The lowest BCUT2D eigenvalue weighted by Crippen LogP contribution is -2.57. The Morgan fingerprint density at radius 3 is 2.26 bits per heavy atom. The summed E-state index contributed by atoms with van der Waals surface area (Å²) in [5.74, 6) is -2.22. The lowest BCUT2D eigenvalue weighted by atomic mass is 9.78. The van der Waals surface area contributed by atoms with Crippen LogP contribution in [0.4, 0.5) is 4.79 Å². The van der Waals surface area contributed by atoms with Crippen molar-refractivity contribution in [3.8, 4) is 11.6 Å². The number of hydrogen-bond acceptors (Lipinski definition) is 10. The molecule has 1 aliphatic heterocycles. The fourth-order valence-corrected chi connectivity index (χ4v) is 5.39. The average Bonchev–Trinajstić information content (AvgIpc) is 3.46. The van der Waals surface area contributed by atoms with Gasteiger partial charge in [0, 0.05) is 38.7 Å². The van der Waals surface area contributed by atoms with Crippen molar-refractivity contribution >= 4 is 29.8 Å². The first kappa shape index (κ1) is 34.2. The smallest absolute Gasteiger partial charge is 0.481 e. The molecule has 15 heteroatoms. The number of amides is 3. The van der Waals surface area contributed by atoms with Gasteiger partial charge in [0.05, 0.1) is 25.4 Å². The van der Waals surface area contributed by atoms with Crippen LogP contribution in [0.25, 0.3) is 5.69 Å². The van der Waals surface area contributed by atoms with Gasteiger partial charge in [0.25, 0.3) is 11.8 Å². The summed E-state index contributed by atoms with van der Waals surface area (Å²) in [7, 11) is 0. The predicted octanol–water partition coefficient (Wildman–Crippen LogP) is 2.24. The number of rotatable bonds is 14. The second-order valence-corrected chi connectivity index (χ2v) is 11.0. The monoisotopic (exact) mass is 642 g/mol. The Kier molecular flexibility index (Phi) is 11.6. The van der Waals surface area contributed by atoms with Crippen LogP contribution in [0.3, 0.4) is 0 Å². The molecule has 46 heavy (non-hydrogen) atoms. The molecule has 1 aromatic carbocycles. The van der Waals surface area contributed by atoms with Gasteiger partial charge in [-0.25, -0.2) is 9.48 Å². The van der Waals surface area contributed by atoms with Gasteiger partial charge in [0.1, 0.15) is 6.04 Å². The van der Waals surface area contributed by atoms with E-state index in [9.17, 15) is 29.1 Å². The summed E-state index contributed by atoms with van der Waals surface area (Å²) in [5.41, 5.74) is -0.544. The van der Waals surface area contributed by atoms with E-state index in [0.29, 0.717) is 31.6 Å². The first-order valence-corrected chi connectivity index (χ1v) is 15.7. The Balaban J connectivity index is 1.54. The molecule has 1 saturated heterocycles. The SMILES string of the molecule is CCOC(=O)ON1CCN(C(=O)[C@H](CCC(=O)O)NC(=O)c2cc(OC3(C(=O)N(CC)CC)CCC3)n(-c3ccccc3)n2)CC1. The summed E-state index contributed by atoms with van der Waals surface area (Å²) < 4.78 is 12.6. The molecule has 0 spiro atoms. The quantitative estimate of drug-likeness (QED) is 0.290. The van der Waals surface area contributed by atoms with E-state index >= 15 is 0 Å². The van der Waals surface area contributed by atoms with Crippen molar-refractivity contribution in [2.45, 2.75) is 64.5 Å². The van der Waals surface area contributed by atoms with Crippen molar-refractivity contribution in [3.63, 3.8) is 0 Å². The number of aliphatic carboxylic acids is 1. The maximum atomic E-state index is 13.6. The van der Waals surface area contributed by atoms with Crippen molar-refractivity contribution in [3.05, 3.63) is 42.1 Å². The van der Waals surface area contributed by atoms with Crippen molar-refractivity contribution in [2.75, 3.05) is 45.9 Å². The zero-order valence-corrected chi connectivity index (χ0v) is 26.5. The van der Waals surface area contributed by atoms with E-state index in [1.807, 2.05) is 19.9 Å². The number of hydroxylamine groups is 2. The Hall–Kier alpha value is -4.66.